The van der Waals surface area contributed by atoms with Crippen LogP contribution in [0.1, 0.15) is 125 Å². The van der Waals surface area contributed by atoms with E-state index in [1.54, 1.807) is 125 Å². The van der Waals surface area contributed by atoms with E-state index in [1.807, 2.05) is 0 Å². The zero-order valence-electron chi connectivity index (χ0n) is 33.7. The fourth-order valence-electron chi connectivity index (χ4n) is 0. The predicted molar refractivity (Wildman–Crippen MR) is 184 cm³/mol. The van der Waals surface area contributed by atoms with Crippen LogP contribution in [0.5, 0.6) is 0 Å². The summed E-state index contributed by atoms with van der Waals surface area (Å²) < 4.78 is 0. The van der Waals surface area contributed by atoms with E-state index >= 15 is 0 Å². The van der Waals surface area contributed by atoms with Gasteiger partial charge in [-0.15, -0.1) is 0 Å². The van der Waals surface area contributed by atoms with Gasteiger partial charge in [0.15, 0.2) is 0 Å². The number of aliphatic hydroxyl groups excluding tert-OH is 10. The van der Waals surface area contributed by atoms with Gasteiger partial charge in [-0.05, 0) is 125 Å². The third-order valence-electron chi connectivity index (χ3n) is 0. The van der Waals surface area contributed by atoms with E-state index in [0.29, 0.717) is 0 Å². The molecule has 296 valence electrons. The van der Waals surface area contributed by atoms with Gasteiger partial charge in [0.25, 0.3) is 0 Å². The van der Waals surface area contributed by atoms with Gasteiger partial charge in [0.05, 0.1) is 0 Å². The predicted octanol–water partition coefficient (Wildman–Crippen LogP) is 2.33. The van der Waals surface area contributed by atoms with Crippen LogP contribution in [0.25, 0.3) is 0 Å². The Labute approximate surface area is 347 Å². The second-order valence-electron chi connectivity index (χ2n) is 9.84. The molecule has 12 nitrogen and oxygen atoms in total. The average molecular weight is 830 g/mol. The fourth-order valence-corrected chi connectivity index (χ4v) is 0. The first-order valence-electron chi connectivity index (χ1n) is 13.2. The molecule has 0 saturated heterocycles. The van der Waals surface area contributed by atoms with Crippen molar-refractivity contribution in [3.05, 3.63) is 14.9 Å². The van der Waals surface area contributed by atoms with Gasteiger partial charge in [0, 0.05) is 149 Å². The smallest absolute Gasteiger partial charge is 0.0483 e. The van der Waals surface area contributed by atoms with Gasteiger partial charge >= 0.3 is 0 Å². The number of aliphatic hydroxyl groups is 10. The maximum atomic E-state index is 8.06. The molecule has 46 heavy (non-hydrogen) atoms. The third kappa shape index (κ3) is 16900. The molecule has 0 aromatic heterocycles. The molecule has 0 fully saturated rings. The summed E-state index contributed by atoms with van der Waals surface area (Å²) in [5.41, 5.74) is 0. The molecule has 0 aliphatic carbocycles. The monoisotopic (exact) mass is 830 g/mol. The fraction of sp³-hybridized carbons (Fsp3) is 0.933. The van der Waals surface area contributed by atoms with Crippen molar-refractivity contribution in [3.63, 3.8) is 0 Å². The summed E-state index contributed by atoms with van der Waals surface area (Å²) in [5, 5.41) is 79.5. The second kappa shape index (κ2) is 118. The molecule has 0 aromatic carbocycles. The Morgan fingerprint density at radius 2 is 0.217 bits per heavy atom. The van der Waals surface area contributed by atoms with Crippen molar-refractivity contribution in [1.29, 1.82) is 0 Å². The molecule has 0 aliphatic rings. The summed E-state index contributed by atoms with van der Waals surface area (Å²) in [7, 11) is 1.00. The number of hydrogen-bond acceptors (Lipinski definition) is 10. The molecule has 0 bridgehead atoms. The molecule has 0 heterocycles. The Kier molecular flexibility index (Phi) is 302. The first-order valence-corrected chi connectivity index (χ1v) is 13.2. The van der Waals surface area contributed by atoms with Crippen LogP contribution >= 0.6 is 0 Å². The van der Waals surface area contributed by atoms with Crippen molar-refractivity contribution >= 4 is 0 Å². The van der Waals surface area contributed by atoms with Crippen LogP contribution < -0.4 is 0 Å². The van der Waals surface area contributed by atoms with Crippen LogP contribution in [0.2, 0.25) is 0 Å². The van der Waals surface area contributed by atoms with Gasteiger partial charge in [-0.1, -0.05) is 0 Å². The molecule has 0 amide bonds. The molecular formula is C30H86O12Ti4-2. The van der Waals surface area contributed by atoms with Gasteiger partial charge in [0.1, 0.15) is 0 Å². The first-order chi connectivity index (χ1) is 16.6. The summed E-state index contributed by atoms with van der Waals surface area (Å²) in [6.45, 7) is 31.0. The molecule has 0 radical (unpaired) electrons. The van der Waals surface area contributed by atoms with Crippen molar-refractivity contribution in [2.24, 2.45) is 0 Å². The third-order valence-corrected chi connectivity index (χ3v) is 0. The minimum Gasteiger partial charge on any atom is -0.412 e. The minimum absolute atomic E-state index is 0. The Bertz CT molecular complexity index is 184. The molecule has 0 atom stereocenters. The molecule has 0 rings (SSSR count). The van der Waals surface area contributed by atoms with Gasteiger partial charge in [-0.2, -0.15) is 0 Å². The summed E-state index contributed by atoms with van der Waals surface area (Å²) in [4.78, 5) is 0. The van der Waals surface area contributed by atoms with E-state index in [2.05, 4.69) is 0 Å². The van der Waals surface area contributed by atoms with E-state index in [-0.39, 0.29) is 168 Å². The molecule has 0 unspecified atom stereocenters. The van der Waals surface area contributed by atoms with Gasteiger partial charge in [-0.3, -0.25) is 0 Å². The van der Waals surface area contributed by atoms with Gasteiger partial charge in [0.2, 0.25) is 0 Å². The van der Waals surface area contributed by atoms with Crippen LogP contribution in [0.15, 0.2) is 0 Å². The van der Waals surface area contributed by atoms with Crippen molar-refractivity contribution in [2.45, 2.75) is 180 Å². The second-order valence-corrected chi connectivity index (χ2v) is 9.84. The molecule has 14 N–H and O–H groups in total. The summed E-state index contributed by atoms with van der Waals surface area (Å²) in [6, 6.07) is 0. The normalized spacial score (nSPS) is 7.17. The molecule has 16 heteroatoms. The summed E-state index contributed by atoms with van der Waals surface area (Å²) >= 11 is 0. The Hall–Kier alpha value is 2.38. The van der Waals surface area contributed by atoms with E-state index in [4.69, 9.17) is 51.1 Å². The van der Waals surface area contributed by atoms with Crippen LogP contribution in [-0.4, -0.2) is 124 Å². The molecule has 0 aliphatic heterocycles. The quantitative estimate of drug-likeness (QED) is 0.126. The van der Waals surface area contributed by atoms with Crippen molar-refractivity contribution in [3.8, 4) is 0 Å². The maximum absolute atomic E-state index is 8.06. The first kappa shape index (κ1) is 118. The number of rotatable bonds is 0. The van der Waals surface area contributed by atoms with Gasteiger partial charge in [-0.25, -0.2) is 0 Å². The van der Waals surface area contributed by atoms with E-state index in [1.165, 1.54) is 0 Å². The molecular weight excluding hydrogens is 744 g/mol. The van der Waals surface area contributed by atoms with E-state index in [0.717, 1.165) is 7.11 Å². The minimum atomic E-state index is -0.167. The Morgan fingerprint density at radius 1 is 0.217 bits per heavy atom. The van der Waals surface area contributed by atoms with Crippen LogP contribution in [0.4, 0.5) is 0 Å². The number of hydrogen-bond donors (Lipinski definition) is 10. The van der Waals surface area contributed by atoms with Crippen molar-refractivity contribution in [2.75, 3.05) is 7.11 Å². The molecule has 0 saturated carbocycles. The summed E-state index contributed by atoms with van der Waals surface area (Å²) in [6.07, 6.45) is -1.50. The van der Waals surface area contributed by atoms with Crippen LogP contribution in [-0.2, 0) is 86.9 Å². The van der Waals surface area contributed by atoms with E-state index in [9.17, 15) is 0 Å². The zero-order chi connectivity index (χ0) is 34.2. The SMILES string of the molecule is CC(C)O.CC(C)O.CC(C)O.CC(C)O.CC(C)O.CC(C)O.CC(C)O.CC(C)O.CC(C)O.CO.O.O.[CH3-].[CH3-].[Ti].[Ti].[Ti].[Ti]. The van der Waals surface area contributed by atoms with Gasteiger partial charge < -0.3 is 76.9 Å². The average Bonchev–Trinajstić information content (AvgIpc) is 2.50. The Balaban J connectivity index is -0.0000000116. The topological polar surface area (TPSA) is 265 Å². The van der Waals surface area contributed by atoms with E-state index < -0.39 is 0 Å². The largest absolute Gasteiger partial charge is 0.412 e. The maximum Gasteiger partial charge on any atom is 0.0483 e. The van der Waals surface area contributed by atoms with Crippen LogP contribution in [0, 0.1) is 14.9 Å². The summed E-state index contributed by atoms with van der Waals surface area (Å²) in [5.74, 6) is 0. The molecule has 0 aromatic rings. The van der Waals surface area contributed by atoms with Crippen molar-refractivity contribution in [1.82, 2.24) is 0 Å². The van der Waals surface area contributed by atoms with Crippen LogP contribution in [0.3, 0.4) is 0 Å². The zero-order valence-corrected chi connectivity index (χ0v) is 39.9. The standard InChI is InChI=1S/9C3H8O.CH4O.2CH3.2H2O.4Ti/c9*1-3(2)4;1-2;;;;;;;;/h9*3-4H,1-2H3;2H,1H3;2*1H3;2*1H2;;;;/q;;;;;;;;;;2*-1;;;;;;. The Morgan fingerprint density at radius 3 is 0.217 bits per heavy atom. The van der Waals surface area contributed by atoms with Crippen molar-refractivity contribution < 1.29 is 149 Å². The molecule has 0 spiro atoms.